The summed E-state index contributed by atoms with van der Waals surface area (Å²) in [5, 5.41) is 1.49. The SMILES string of the molecule is COc1ccc2nc(SCC(=O)c3ccc(Cl)c(Cl)c3)[nH]c2c1. The number of H-pyrrole nitrogens is 1. The monoisotopic (exact) mass is 366 g/mol. The molecule has 1 N–H and O–H groups in total. The van der Waals surface area contributed by atoms with E-state index in [1.54, 1.807) is 25.3 Å². The number of hydrogen-bond acceptors (Lipinski definition) is 4. The van der Waals surface area contributed by atoms with Crippen molar-refractivity contribution in [3.8, 4) is 5.75 Å². The molecule has 0 saturated heterocycles. The molecule has 3 aromatic rings. The molecule has 0 amide bonds. The van der Waals surface area contributed by atoms with Crippen molar-refractivity contribution in [3.63, 3.8) is 0 Å². The van der Waals surface area contributed by atoms with Gasteiger partial charge in [-0.1, -0.05) is 35.0 Å². The third-order valence-electron chi connectivity index (χ3n) is 3.25. The van der Waals surface area contributed by atoms with Crippen LogP contribution >= 0.6 is 35.0 Å². The molecule has 23 heavy (non-hydrogen) atoms. The highest BCUT2D eigenvalue weighted by atomic mass is 35.5. The summed E-state index contributed by atoms with van der Waals surface area (Å²) in [6, 6.07) is 10.5. The van der Waals surface area contributed by atoms with Crippen LogP contribution in [0.25, 0.3) is 11.0 Å². The van der Waals surface area contributed by atoms with E-state index in [1.807, 2.05) is 18.2 Å². The second kappa shape index (κ2) is 6.83. The van der Waals surface area contributed by atoms with Crippen molar-refractivity contribution in [2.75, 3.05) is 12.9 Å². The lowest BCUT2D eigenvalue weighted by Gasteiger charge is -2.01. The fraction of sp³-hybridized carbons (Fsp3) is 0.125. The van der Waals surface area contributed by atoms with Gasteiger partial charge in [0.05, 0.1) is 33.9 Å². The maximum atomic E-state index is 12.2. The highest BCUT2D eigenvalue weighted by Gasteiger charge is 2.11. The van der Waals surface area contributed by atoms with Crippen molar-refractivity contribution in [2.45, 2.75) is 5.16 Å². The van der Waals surface area contributed by atoms with Crippen LogP contribution < -0.4 is 4.74 Å². The first kappa shape index (κ1) is 16.2. The number of fused-ring (bicyclic) bond motifs is 1. The van der Waals surface area contributed by atoms with Crippen LogP contribution in [0, 0.1) is 0 Å². The molecule has 2 aromatic carbocycles. The van der Waals surface area contributed by atoms with Gasteiger partial charge in [0.2, 0.25) is 0 Å². The van der Waals surface area contributed by atoms with Crippen molar-refractivity contribution >= 4 is 51.8 Å². The molecule has 0 radical (unpaired) electrons. The molecule has 0 fully saturated rings. The molecule has 0 aliphatic rings. The van der Waals surface area contributed by atoms with E-state index in [1.165, 1.54) is 11.8 Å². The number of rotatable bonds is 5. The van der Waals surface area contributed by atoms with Gasteiger partial charge in [-0.25, -0.2) is 4.98 Å². The van der Waals surface area contributed by atoms with Gasteiger partial charge in [-0.3, -0.25) is 4.79 Å². The van der Waals surface area contributed by atoms with E-state index in [2.05, 4.69) is 9.97 Å². The number of methoxy groups -OCH3 is 1. The van der Waals surface area contributed by atoms with Crippen LogP contribution in [0.1, 0.15) is 10.4 Å². The first-order chi connectivity index (χ1) is 11.1. The molecule has 0 bridgehead atoms. The zero-order chi connectivity index (χ0) is 16.4. The lowest BCUT2D eigenvalue weighted by atomic mass is 10.1. The van der Waals surface area contributed by atoms with Gasteiger partial charge in [0.15, 0.2) is 10.9 Å². The van der Waals surface area contributed by atoms with Gasteiger partial charge in [0, 0.05) is 11.6 Å². The number of carbonyl (C=O) groups excluding carboxylic acids is 1. The minimum absolute atomic E-state index is 0.0356. The maximum absolute atomic E-state index is 12.2. The minimum atomic E-state index is -0.0356. The van der Waals surface area contributed by atoms with Gasteiger partial charge in [0.25, 0.3) is 0 Å². The molecule has 0 aliphatic carbocycles. The number of nitrogens with zero attached hydrogens (tertiary/aromatic N) is 1. The highest BCUT2D eigenvalue weighted by molar-refractivity contribution is 7.99. The van der Waals surface area contributed by atoms with Crippen LogP contribution in [-0.4, -0.2) is 28.6 Å². The van der Waals surface area contributed by atoms with Crippen LogP contribution in [0.2, 0.25) is 10.0 Å². The van der Waals surface area contributed by atoms with Gasteiger partial charge in [0.1, 0.15) is 5.75 Å². The maximum Gasteiger partial charge on any atom is 0.173 e. The molecule has 3 rings (SSSR count). The van der Waals surface area contributed by atoms with Gasteiger partial charge >= 0.3 is 0 Å². The van der Waals surface area contributed by atoms with E-state index in [4.69, 9.17) is 27.9 Å². The highest BCUT2D eigenvalue weighted by Crippen LogP contribution is 2.26. The number of hydrogen-bond donors (Lipinski definition) is 1. The van der Waals surface area contributed by atoms with E-state index in [0.717, 1.165) is 16.8 Å². The molecule has 0 atom stereocenters. The predicted octanol–water partition coefficient (Wildman–Crippen LogP) is 4.85. The number of benzene rings is 2. The molecule has 0 spiro atoms. The summed E-state index contributed by atoms with van der Waals surface area (Å²) in [4.78, 5) is 19.8. The Morgan fingerprint density at radius 3 is 2.78 bits per heavy atom. The normalized spacial score (nSPS) is 10.9. The molecule has 0 aliphatic heterocycles. The Morgan fingerprint density at radius 1 is 1.22 bits per heavy atom. The Hall–Kier alpha value is -1.69. The van der Waals surface area contributed by atoms with Crippen molar-refractivity contribution < 1.29 is 9.53 Å². The largest absolute Gasteiger partial charge is 0.497 e. The van der Waals surface area contributed by atoms with E-state index in [9.17, 15) is 4.79 Å². The van der Waals surface area contributed by atoms with E-state index < -0.39 is 0 Å². The Bertz CT molecular complexity index is 880. The van der Waals surface area contributed by atoms with Crippen molar-refractivity contribution in [1.29, 1.82) is 0 Å². The summed E-state index contributed by atoms with van der Waals surface area (Å²) >= 11 is 13.1. The molecule has 1 heterocycles. The second-order valence-electron chi connectivity index (χ2n) is 4.77. The zero-order valence-corrected chi connectivity index (χ0v) is 14.4. The summed E-state index contributed by atoms with van der Waals surface area (Å²) in [6.07, 6.45) is 0. The molecule has 7 heteroatoms. The Balaban J connectivity index is 1.72. The minimum Gasteiger partial charge on any atom is -0.497 e. The fourth-order valence-electron chi connectivity index (χ4n) is 2.05. The number of nitrogens with one attached hydrogen (secondary N) is 1. The topological polar surface area (TPSA) is 55.0 Å². The molecule has 0 unspecified atom stereocenters. The number of ether oxygens (including phenoxy) is 1. The van der Waals surface area contributed by atoms with Crippen molar-refractivity contribution in [3.05, 3.63) is 52.0 Å². The van der Waals surface area contributed by atoms with E-state index in [0.29, 0.717) is 20.8 Å². The number of halogens is 2. The average molecular weight is 367 g/mol. The van der Waals surface area contributed by atoms with E-state index >= 15 is 0 Å². The van der Waals surface area contributed by atoms with Crippen LogP contribution in [0.4, 0.5) is 0 Å². The third kappa shape index (κ3) is 3.63. The summed E-state index contributed by atoms with van der Waals surface area (Å²) in [7, 11) is 1.61. The van der Waals surface area contributed by atoms with Crippen LogP contribution in [0.15, 0.2) is 41.6 Å². The van der Waals surface area contributed by atoms with Gasteiger partial charge in [-0.05, 0) is 30.3 Å². The summed E-state index contributed by atoms with van der Waals surface area (Å²) < 4.78 is 5.18. The smallest absolute Gasteiger partial charge is 0.173 e. The summed E-state index contributed by atoms with van der Waals surface area (Å²) in [6.45, 7) is 0. The first-order valence-corrected chi connectivity index (χ1v) is 8.46. The number of ketones is 1. The summed E-state index contributed by atoms with van der Waals surface area (Å²) in [5.74, 6) is 0.978. The molecular weight excluding hydrogens is 355 g/mol. The second-order valence-corrected chi connectivity index (χ2v) is 6.54. The molecular formula is C16H12Cl2N2O2S. The molecule has 118 valence electrons. The molecule has 0 saturated carbocycles. The van der Waals surface area contributed by atoms with Crippen LogP contribution in [0.3, 0.4) is 0 Å². The van der Waals surface area contributed by atoms with Gasteiger partial charge in [-0.15, -0.1) is 0 Å². The summed E-state index contributed by atoms with van der Waals surface area (Å²) in [5.41, 5.74) is 2.23. The number of aromatic nitrogens is 2. The number of aromatic amines is 1. The lowest BCUT2D eigenvalue weighted by molar-refractivity contribution is 0.102. The van der Waals surface area contributed by atoms with Gasteiger partial charge in [-0.2, -0.15) is 0 Å². The van der Waals surface area contributed by atoms with Crippen molar-refractivity contribution in [2.24, 2.45) is 0 Å². The molecule has 1 aromatic heterocycles. The number of carbonyl (C=O) groups is 1. The Labute approximate surface area is 147 Å². The van der Waals surface area contributed by atoms with Gasteiger partial charge < -0.3 is 9.72 Å². The van der Waals surface area contributed by atoms with Crippen LogP contribution in [-0.2, 0) is 0 Å². The van der Waals surface area contributed by atoms with Crippen molar-refractivity contribution in [1.82, 2.24) is 9.97 Å². The fourth-order valence-corrected chi connectivity index (χ4v) is 3.13. The first-order valence-electron chi connectivity index (χ1n) is 6.71. The zero-order valence-electron chi connectivity index (χ0n) is 12.1. The predicted molar refractivity (Wildman–Crippen MR) is 94.2 cm³/mol. The number of imidazole rings is 1. The Morgan fingerprint density at radius 2 is 2.04 bits per heavy atom. The number of thioether (sulfide) groups is 1. The average Bonchev–Trinajstić information content (AvgIpc) is 2.96. The lowest BCUT2D eigenvalue weighted by Crippen LogP contribution is -2.02. The van der Waals surface area contributed by atoms with Crippen LogP contribution in [0.5, 0.6) is 5.75 Å². The quantitative estimate of drug-likeness (QED) is 0.517. The standard InChI is InChI=1S/C16H12Cl2N2O2S/c1-22-10-3-5-13-14(7-10)20-16(19-13)23-8-15(21)9-2-4-11(17)12(18)6-9/h2-7H,8H2,1H3,(H,19,20). The molecule has 4 nitrogen and oxygen atoms in total. The van der Waals surface area contributed by atoms with E-state index in [-0.39, 0.29) is 11.5 Å². The number of Topliss-reactive ketones (excluding diaryl/α,β-unsaturated/α-hetero) is 1. The Kier molecular flexibility index (Phi) is 4.80. The third-order valence-corrected chi connectivity index (χ3v) is 4.86.